The van der Waals surface area contributed by atoms with E-state index in [4.69, 9.17) is 0 Å². The fraction of sp³-hybridized carbons (Fsp3) is 0.400. The second-order valence-corrected chi connectivity index (χ2v) is 17.4. The second-order valence-electron chi connectivity index (χ2n) is 17.4. The summed E-state index contributed by atoms with van der Waals surface area (Å²) >= 11 is 0. The van der Waals surface area contributed by atoms with Crippen LogP contribution in [0, 0.1) is 13.8 Å². The molecule has 2 heterocycles. The van der Waals surface area contributed by atoms with Crippen LogP contribution in [0.3, 0.4) is 0 Å². The van der Waals surface area contributed by atoms with Crippen molar-refractivity contribution in [1.29, 1.82) is 0 Å². The van der Waals surface area contributed by atoms with E-state index >= 15 is 0 Å². The Labute approximate surface area is 318 Å². The maximum Gasteiger partial charge on any atom is 0.252 e. The van der Waals surface area contributed by atoms with Gasteiger partial charge in [-0.1, -0.05) is 117 Å². The lowest BCUT2D eigenvalue weighted by atomic mass is 9.33. The van der Waals surface area contributed by atoms with E-state index in [9.17, 15) is 0 Å². The van der Waals surface area contributed by atoms with E-state index in [2.05, 4.69) is 121 Å². The molecule has 2 nitrogen and oxygen atoms in total. The van der Waals surface area contributed by atoms with Crippen molar-refractivity contribution < 1.29 is 0 Å². The topological polar surface area (TPSA) is 6.48 Å². The summed E-state index contributed by atoms with van der Waals surface area (Å²) in [6.07, 6.45) is 20.2. The summed E-state index contributed by atoms with van der Waals surface area (Å²) in [5.41, 5.74) is 19.7. The van der Waals surface area contributed by atoms with Gasteiger partial charge in [-0.15, -0.1) is 0 Å². The Morgan fingerprint density at radius 3 is 1.40 bits per heavy atom. The van der Waals surface area contributed by atoms with Crippen LogP contribution in [0.2, 0.25) is 0 Å². The number of fused-ring (bicyclic) bond motifs is 4. The summed E-state index contributed by atoms with van der Waals surface area (Å²) in [7, 11) is 0. The average molecular weight is 695 g/mol. The van der Waals surface area contributed by atoms with Crippen molar-refractivity contribution >= 4 is 57.2 Å². The molecule has 5 aliphatic rings. The number of benzene rings is 5. The molecule has 0 aromatic heterocycles. The van der Waals surface area contributed by atoms with E-state index in [0.29, 0.717) is 17.8 Å². The van der Waals surface area contributed by atoms with Crippen molar-refractivity contribution in [2.24, 2.45) is 0 Å². The Morgan fingerprint density at radius 2 is 0.830 bits per heavy atom. The summed E-state index contributed by atoms with van der Waals surface area (Å²) in [6.45, 7) is 4.67. The third kappa shape index (κ3) is 5.94. The quantitative estimate of drug-likeness (QED) is 0.166. The molecule has 0 atom stereocenters. The van der Waals surface area contributed by atoms with Gasteiger partial charge in [0.25, 0.3) is 6.71 Å². The van der Waals surface area contributed by atoms with Gasteiger partial charge in [0, 0.05) is 34.1 Å². The van der Waals surface area contributed by atoms with Crippen molar-refractivity contribution in [3.8, 4) is 0 Å². The molecule has 5 aromatic rings. The average Bonchev–Trinajstić information content (AvgIpc) is 3.22. The highest BCUT2D eigenvalue weighted by Gasteiger charge is 2.44. The van der Waals surface area contributed by atoms with Crippen molar-refractivity contribution in [3.63, 3.8) is 0 Å². The number of hydrogen-bond donors (Lipinski definition) is 0. The summed E-state index contributed by atoms with van der Waals surface area (Å²) < 4.78 is 0. The van der Waals surface area contributed by atoms with Crippen LogP contribution >= 0.6 is 0 Å². The van der Waals surface area contributed by atoms with Crippen LogP contribution in [0.25, 0.3) is 0 Å². The van der Waals surface area contributed by atoms with Crippen LogP contribution in [0.1, 0.15) is 142 Å². The zero-order valence-corrected chi connectivity index (χ0v) is 32.0. The molecule has 0 saturated heterocycles. The number of rotatable bonds is 5. The maximum atomic E-state index is 2.68. The molecule has 0 amide bonds. The molecule has 0 unspecified atom stereocenters. The molecule has 0 radical (unpaired) electrons. The maximum absolute atomic E-state index is 2.68. The minimum Gasteiger partial charge on any atom is -0.311 e. The van der Waals surface area contributed by atoms with Crippen LogP contribution in [-0.2, 0) is 0 Å². The smallest absolute Gasteiger partial charge is 0.252 e. The molecule has 268 valence electrons. The summed E-state index contributed by atoms with van der Waals surface area (Å²) in [6, 6.07) is 39.4. The molecule has 0 N–H and O–H groups in total. The fourth-order valence-electron chi connectivity index (χ4n) is 11.1. The summed E-state index contributed by atoms with van der Waals surface area (Å²) in [4.78, 5) is 5.30. The molecule has 3 heteroatoms. The van der Waals surface area contributed by atoms with Gasteiger partial charge in [0.15, 0.2) is 0 Å². The highest BCUT2D eigenvalue weighted by Crippen LogP contribution is 2.48. The lowest BCUT2D eigenvalue weighted by Crippen LogP contribution is -2.61. The zero-order chi connectivity index (χ0) is 35.5. The summed E-state index contributed by atoms with van der Waals surface area (Å²) in [5, 5.41) is 0. The lowest BCUT2D eigenvalue weighted by molar-refractivity contribution is 0.443. The standard InChI is InChI=1S/C50H55BN2/c1-34-18-24-42(25-19-34)52-46-28-20-35(2)30-44(46)51-45-31-40(37-14-8-4-9-15-37)23-29-47(45)53(43-26-21-39(22-27-43)36-12-6-3-7-13-36)49-33-41(32-48(52)50(49)51)38-16-10-5-11-17-38/h18-33,36-38H,3-17H2,1-2H3. The normalized spacial score (nSPS) is 19.2. The molecule has 3 fully saturated rings. The highest BCUT2D eigenvalue weighted by atomic mass is 15.2. The van der Waals surface area contributed by atoms with Crippen molar-refractivity contribution in [2.45, 2.75) is 128 Å². The Hall–Kier alpha value is -4.24. The first kappa shape index (κ1) is 33.3. The van der Waals surface area contributed by atoms with Crippen molar-refractivity contribution in [1.82, 2.24) is 0 Å². The molecular formula is C50H55BN2. The molecule has 5 aromatic carbocycles. The zero-order valence-electron chi connectivity index (χ0n) is 32.0. The van der Waals surface area contributed by atoms with Gasteiger partial charge in [-0.25, -0.2) is 0 Å². The molecule has 53 heavy (non-hydrogen) atoms. The first-order chi connectivity index (χ1) is 26.1. The minimum atomic E-state index is 0.188. The van der Waals surface area contributed by atoms with E-state index < -0.39 is 0 Å². The van der Waals surface area contributed by atoms with Crippen molar-refractivity contribution in [2.75, 3.05) is 9.80 Å². The molecular weight excluding hydrogens is 639 g/mol. The monoisotopic (exact) mass is 694 g/mol. The lowest BCUT2D eigenvalue weighted by Gasteiger charge is -2.45. The van der Waals surface area contributed by atoms with E-state index in [1.165, 1.54) is 169 Å². The van der Waals surface area contributed by atoms with Gasteiger partial charge in [-0.3, -0.25) is 0 Å². The molecule has 0 bridgehead atoms. The Kier molecular flexibility index (Phi) is 8.73. The van der Waals surface area contributed by atoms with E-state index in [0.717, 1.165) is 0 Å². The van der Waals surface area contributed by atoms with Gasteiger partial charge < -0.3 is 9.80 Å². The number of nitrogens with zero attached hydrogens (tertiary/aromatic N) is 2. The van der Waals surface area contributed by atoms with Crippen LogP contribution in [0.4, 0.5) is 34.1 Å². The van der Waals surface area contributed by atoms with Crippen LogP contribution in [-0.4, -0.2) is 6.71 Å². The van der Waals surface area contributed by atoms with Gasteiger partial charge in [-0.05, 0) is 152 Å². The SMILES string of the molecule is Cc1ccc(N2c3ccc(C)cc3B3c4cc(C5CCCCC5)ccc4N(c4ccc(C5CCCCC5)cc4)c4cc(C5CCCCC5)cc2c43)cc1. The molecule has 2 aliphatic heterocycles. The second kappa shape index (κ2) is 13.9. The molecule has 0 spiro atoms. The number of aryl methyl sites for hydroxylation is 2. The Morgan fingerprint density at radius 1 is 0.396 bits per heavy atom. The third-order valence-electron chi connectivity index (χ3n) is 13.9. The predicted octanol–water partition coefficient (Wildman–Crippen LogP) is 12.5. The summed E-state index contributed by atoms with van der Waals surface area (Å²) in [5.74, 6) is 1.98. The first-order valence-corrected chi connectivity index (χ1v) is 21.3. The predicted molar refractivity (Wildman–Crippen MR) is 227 cm³/mol. The van der Waals surface area contributed by atoms with E-state index in [-0.39, 0.29) is 6.71 Å². The van der Waals surface area contributed by atoms with E-state index in [1.807, 2.05) is 0 Å². The van der Waals surface area contributed by atoms with Gasteiger partial charge in [0.1, 0.15) is 0 Å². The van der Waals surface area contributed by atoms with Crippen LogP contribution < -0.4 is 26.2 Å². The van der Waals surface area contributed by atoms with Gasteiger partial charge in [0.2, 0.25) is 0 Å². The van der Waals surface area contributed by atoms with Gasteiger partial charge in [0.05, 0.1) is 0 Å². The highest BCUT2D eigenvalue weighted by molar-refractivity contribution is 7.00. The molecule has 3 aliphatic carbocycles. The van der Waals surface area contributed by atoms with Crippen molar-refractivity contribution in [3.05, 3.63) is 125 Å². The Balaban J connectivity index is 1.23. The third-order valence-corrected chi connectivity index (χ3v) is 13.9. The van der Waals surface area contributed by atoms with Gasteiger partial charge in [-0.2, -0.15) is 0 Å². The first-order valence-electron chi connectivity index (χ1n) is 21.3. The number of anilines is 6. The fourth-order valence-corrected chi connectivity index (χ4v) is 11.1. The molecule has 10 rings (SSSR count). The molecule has 3 saturated carbocycles. The largest absolute Gasteiger partial charge is 0.311 e. The van der Waals surface area contributed by atoms with E-state index in [1.54, 1.807) is 5.56 Å². The van der Waals surface area contributed by atoms with Crippen LogP contribution in [0.5, 0.6) is 0 Å². The minimum absolute atomic E-state index is 0.188. The van der Waals surface area contributed by atoms with Gasteiger partial charge >= 0.3 is 0 Å². The van der Waals surface area contributed by atoms with Crippen LogP contribution in [0.15, 0.2) is 97.1 Å². The number of hydrogen-bond acceptors (Lipinski definition) is 2. The Bertz CT molecular complexity index is 2110.